The van der Waals surface area contributed by atoms with Crippen LogP contribution in [0.1, 0.15) is 23.7 Å². The standard InChI is InChI=1S/C17H22N2O6/c1-9-5-10(9)16(21)19-12-7-14(24-4)13(23-3)6-11(12)17(22)25-8-15(20)18-2/h6-7,9-10H,5,8H2,1-4H3,(H,18,20)(H,19,21). The Morgan fingerprint density at radius 2 is 1.76 bits per heavy atom. The van der Waals surface area contributed by atoms with E-state index in [4.69, 9.17) is 14.2 Å². The first kappa shape index (κ1) is 18.6. The van der Waals surface area contributed by atoms with E-state index in [-0.39, 0.29) is 23.1 Å². The molecule has 1 saturated carbocycles. The summed E-state index contributed by atoms with van der Waals surface area (Å²) in [7, 11) is 4.33. The van der Waals surface area contributed by atoms with E-state index in [0.29, 0.717) is 17.4 Å². The average Bonchev–Trinajstić information content (AvgIpc) is 3.35. The molecule has 1 aliphatic rings. The van der Waals surface area contributed by atoms with E-state index in [0.717, 1.165) is 6.42 Å². The van der Waals surface area contributed by atoms with Crippen LogP contribution in [0.25, 0.3) is 0 Å². The Labute approximate surface area is 145 Å². The molecule has 0 aromatic heterocycles. The lowest BCUT2D eigenvalue weighted by atomic mass is 10.1. The number of hydrogen-bond acceptors (Lipinski definition) is 6. The average molecular weight is 350 g/mol. The van der Waals surface area contributed by atoms with Gasteiger partial charge in [0.05, 0.1) is 25.5 Å². The van der Waals surface area contributed by atoms with E-state index in [2.05, 4.69) is 10.6 Å². The molecule has 2 amide bonds. The summed E-state index contributed by atoms with van der Waals surface area (Å²) in [6.45, 7) is 1.56. The normalized spacial score (nSPS) is 18.1. The Bertz CT molecular complexity index is 688. The van der Waals surface area contributed by atoms with Crippen molar-refractivity contribution in [3.8, 4) is 11.5 Å². The summed E-state index contributed by atoms with van der Waals surface area (Å²) in [5.74, 6) is -0.418. The number of nitrogens with one attached hydrogen (secondary N) is 2. The van der Waals surface area contributed by atoms with Crippen LogP contribution < -0.4 is 20.1 Å². The van der Waals surface area contributed by atoms with Crippen molar-refractivity contribution in [1.82, 2.24) is 5.32 Å². The number of ether oxygens (including phenoxy) is 3. The van der Waals surface area contributed by atoms with E-state index in [1.54, 1.807) is 0 Å². The van der Waals surface area contributed by atoms with Crippen molar-refractivity contribution in [2.24, 2.45) is 11.8 Å². The zero-order valence-electron chi connectivity index (χ0n) is 14.7. The molecule has 2 atom stereocenters. The number of benzene rings is 1. The fourth-order valence-electron chi connectivity index (χ4n) is 2.35. The number of likely N-dealkylation sites (N-methyl/N-ethyl adjacent to an activating group) is 1. The molecule has 1 fully saturated rings. The molecule has 2 N–H and O–H groups in total. The van der Waals surface area contributed by atoms with Crippen LogP contribution in [0, 0.1) is 11.8 Å². The molecule has 2 rings (SSSR count). The molecular weight excluding hydrogens is 328 g/mol. The van der Waals surface area contributed by atoms with Crippen LogP contribution in [0.2, 0.25) is 0 Å². The SMILES string of the molecule is CNC(=O)COC(=O)c1cc(OC)c(OC)cc1NC(=O)C1CC1C. The maximum atomic E-state index is 12.3. The van der Waals surface area contributed by atoms with Crippen molar-refractivity contribution in [3.63, 3.8) is 0 Å². The highest BCUT2D eigenvalue weighted by molar-refractivity contribution is 6.03. The van der Waals surface area contributed by atoms with E-state index >= 15 is 0 Å². The largest absolute Gasteiger partial charge is 0.493 e. The van der Waals surface area contributed by atoms with Gasteiger partial charge in [0.2, 0.25) is 5.91 Å². The third-order valence-corrected chi connectivity index (χ3v) is 4.06. The van der Waals surface area contributed by atoms with Gasteiger partial charge in [-0.05, 0) is 12.3 Å². The van der Waals surface area contributed by atoms with Gasteiger partial charge in [-0.3, -0.25) is 9.59 Å². The quantitative estimate of drug-likeness (QED) is 0.716. The van der Waals surface area contributed by atoms with Gasteiger partial charge in [-0.2, -0.15) is 0 Å². The highest BCUT2D eigenvalue weighted by Crippen LogP contribution is 2.40. The first-order chi connectivity index (χ1) is 11.9. The molecule has 0 aliphatic heterocycles. The minimum Gasteiger partial charge on any atom is -0.493 e. The molecule has 136 valence electrons. The van der Waals surface area contributed by atoms with Crippen molar-refractivity contribution in [1.29, 1.82) is 0 Å². The molecule has 0 saturated heterocycles. The number of carbonyl (C=O) groups excluding carboxylic acids is 3. The van der Waals surface area contributed by atoms with E-state index in [1.165, 1.54) is 33.4 Å². The fourth-order valence-corrected chi connectivity index (χ4v) is 2.35. The molecule has 1 aliphatic carbocycles. The van der Waals surface area contributed by atoms with Gasteiger partial charge in [0, 0.05) is 25.1 Å². The van der Waals surface area contributed by atoms with Crippen LogP contribution in [0.3, 0.4) is 0 Å². The summed E-state index contributed by atoms with van der Waals surface area (Å²) in [4.78, 5) is 35.8. The van der Waals surface area contributed by atoms with Gasteiger partial charge in [0.1, 0.15) is 0 Å². The van der Waals surface area contributed by atoms with Gasteiger partial charge in [-0.25, -0.2) is 4.79 Å². The molecule has 1 aromatic carbocycles. The summed E-state index contributed by atoms with van der Waals surface area (Å²) in [5.41, 5.74) is 0.340. The van der Waals surface area contributed by atoms with Crippen molar-refractivity contribution < 1.29 is 28.6 Å². The minimum atomic E-state index is -0.747. The maximum absolute atomic E-state index is 12.3. The lowest BCUT2D eigenvalue weighted by molar-refractivity contribution is -0.123. The molecule has 25 heavy (non-hydrogen) atoms. The molecular formula is C17H22N2O6. The summed E-state index contributed by atoms with van der Waals surface area (Å²) < 4.78 is 15.4. The molecule has 0 heterocycles. The van der Waals surface area contributed by atoms with Gasteiger partial charge in [-0.1, -0.05) is 6.92 Å². The number of esters is 1. The second-order valence-corrected chi connectivity index (χ2v) is 5.81. The first-order valence-corrected chi connectivity index (χ1v) is 7.85. The highest BCUT2D eigenvalue weighted by Gasteiger charge is 2.39. The summed E-state index contributed by atoms with van der Waals surface area (Å²) in [6, 6.07) is 2.91. The molecule has 8 nitrogen and oxygen atoms in total. The van der Waals surface area contributed by atoms with Gasteiger partial charge >= 0.3 is 5.97 Å². The van der Waals surface area contributed by atoms with E-state index < -0.39 is 18.5 Å². The fraction of sp³-hybridized carbons (Fsp3) is 0.471. The van der Waals surface area contributed by atoms with Crippen LogP contribution in [-0.4, -0.2) is 45.7 Å². The van der Waals surface area contributed by atoms with Gasteiger partial charge in [-0.15, -0.1) is 0 Å². The second kappa shape index (κ2) is 7.87. The Morgan fingerprint density at radius 1 is 1.16 bits per heavy atom. The first-order valence-electron chi connectivity index (χ1n) is 7.85. The number of rotatable bonds is 7. The van der Waals surface area contributed by atoms with Crippen LogP contribution in [0.5, 0.6) is 11.5 Å². The number of hydrogen-bond donors (Lipinski definition) is 2. The Morgan fingerprint density at radius 3 is 2.28 bits per heavy atom. The van der Waals surface area contributed by atoms with Crippen molar-refractivity contribution in [2.45, 2.75) is 13.3 Å². The second-order valence-electron chi connectivity index (χ2n) is 5.81. The van der Waals surface area contributed by atoms with E-state index in [1.807, 2.05) is 6.92 Å². The predicted octanol–water partition coefficient (Wildman–Crippen LogP) is 1.20. The molecule has 0 radical (unpaired) electrons. The zero-order valence-corrected chi connectivity index (χ0v) is 14.7. The van der Waals surface area contributed by atoms with Crippen LogP contribution in [-0.2, 0) is 14.3 Å². The van der Waals surface area contributed by atoms with Crippen LogP contribution in [0.4, 0.5) is 5.69 Å². The molecule has 0 spiro atoms. The smallest absolute Gasteiger partial charge is 0.340 e. The monoisotopic (exact) mass is 350 g/mol. The summed E-state index contributed by atoms with van der Waals surface area (Å²) in [5, 5.41) is 5.09. The number of methoxy groups -OCH3 is 2. The highest BCUT2D eigenvalue weighted by atomic mass is 16.5. The lowest BCUT2D eigenvalue weighted by Crippen LogP contribution is -2.25. The van der Waals surface area contributed by atoms with Crippen LogP contribution >= 0.6 is 0 Å². The molecule has 2 unspecified atom stereocenters. The summed E-state index contributed by atoms with van der Waals surface area (Å²) in [6.07, 6.45) is 0.815. The Balaban J connectivity index is 2.28. The number of amides is 2. The van der Waals surface area contributed by atoms with Crippen molar-refractivity contribution in [3.05, 3.63) is 17.7 Å². The Kier molecular flexibility index (Phi) is 5.84. The molecule has 0 bridgehead atoms. The molecule has 1 aromatic rings. The topological polar surface area (TPSA) is 103 Å². The van der Waals surface area contributed by atoms with E-state index in [9.17, 15) is 14.4 Å². The molecule has 8 heteroatoms. The predicted molar refractivity (Wildman–Crippen MR) is 89.8 cm³/mol. The third kappa shape index (κ3) is 4.40. The number of carbonyl (C=O) groups is 3. The van der Waals surface area contributed by atoms with Gasteiger partial charge in [0.25, 0.3) is 5.91 Å². The third-order valence-electron chi connectivity index (χ3n) is 4.06. The maximum Gasteiger partial charge on any atom is 0.340 e. The summed E-state index contributed by atoms with van der Waals surface area (Å²) >= 11 is 0. The zero-order chi connectivity index (χ0) is 18.6. The Hall–Kier alpha value is -2.77. The van der Waals surface area contributed by atoms with Crippen molar-refractivity contribution >= 4 is 23.5 Å². The van der Waals surface area contributed by atoms with Crippen molar-refractivity contribution in [2.75, 3.05) is 33.2 Å². The number of anilines is 1. The van der Waals surface area contributed by atoms with Gasteiger partial charge < -0.3 is 24.8 Å². The lowest BCUT2D eigenvalue weighted by Gasteiger charge is -2.15. The van der Waals surface area contributed by atoms with Crippen LogP contribution in [0.15, 0.2) is 12.1 Å². The van der Waals surface area contributed by atoms with Gasteiger partial charge in [0.15, 0.2) is 18.1 Å². The minimum absolute atomic E-state index is 0.0668.